The summed E-state index contributed by atoms with van der Waals surface area (Å²) in [6.07, 6.45) is 1.25. The van der Waals surface area contributed by atoms with E-state index in [0.717, 1.165) is 0 Å². The van der Waals surface area contributed by atoms with Gasteiger partial charge in [0.1, 0.15) is 0 Å². The second kappa shape index (κ2) is 5.71. The smallest absolute Gasteiger partial charge is 0.511 e. The summed E-state index contributed by atoms with van der Waals surface area (Å²) >= 11 is 0. The monoisotopic (exact) mass is 150 g/mol. The third-order valence-corrected chi connectivity index (χ3v) is 1.23. The van der Waals surface area contributed by atoms with Crippen LogP contribution in [0.3, 0.4) is 0 Å². The van der Waals surface area contributed by atoms with Crippen molar-refractivity contribution in [3.63, 3.8) is 0 Å². The zero-order valence-corrected chi connectivity index (χ0v) is 6.04. The maximum Gasteiger partial charge on any atom is 0.764 e. The lowest BCUT2D eigenvalue weighted by Crippen LogP contribution is -2.06. The van der Waals surface area contributed by atoms with Gasteiger partial charge in [0.25, 0.3) is 0 Å². The highest BCUT2D eigenvalue weighted by atomic mass is 28.3. The summed E-state index contributed by atoms with van der Waals surface area (Å²) in [5.41, 5.74) is 0. The van der Waals surface area contributed by atoms with E-state index in [2.05, 4.69) is 4.43 Å². The first kappa shape index (κ1) is 8.58. The van der Waals surface area contributed by atoms with E-state index in [1.165, 1.54) is 0 Å². The van der Waals surface area contributed by atoms with Crippen LogP contribution in [0, 0.1) is 0 Å². The summed E-state index contributed by atoms with van der Waals surface area (Å²) in [5, 5.41) is 8.24. The number of hydrogen-bond acceptors (Lipinski definition) is 3. The van der Waals surface area contributed by atoms with E-state index < -0.39 is 9.17 Å². The molecule has 0 aromatic carbocycles. The predicted octanol–water partition coefficient (Wildman–Crippen LogP) is -0.817. The molecule has 0 bridgehead atoms. The van der Waals surface area contributed by atoms with Crippen LogP contribution in [0.15, 0.2) is 0 Å². The number of unbranched alkanes of at least 4 members (excludes halogenated alkanes) is 1. The van der Waals surface area contributed by atoms with Crippen LogP contribution in [-0.2, 0) is 8.89 Å². The molecule has 0 spiro atoms. The molecule has 0 rings (SSSR count). The van der Waals surface area contributed by atoms with Crippen LogP contribution in [0.25, 0.3) is 0 Å². The Bertz CT molecular complexity index is 84.6. The highest BCUT2D eigenvalue weighted by molar-refractivity contribution is 6.24. The van der Waals surface area contributed by atoms with Crippen molar-refractivity contribution in [3.8, 4) is 0 Å². The predicted molar refractivity (Wildman–Crippen MR) is 30.9 cm³/mol. The van der Waals surface area contributed by atoms with Gasteiger partial charge in [0.2, 0.25) is 0 Å². The highest BCUT2D eigenvalue weighted by Gasteiger charge is 2.00. The highest BCUT2D eigenvalue weighted by Crippen LogP contribution is 1.86. The first-order chi connectivity index (χ1) is 4.27. The van der Waals surface area contributed by atoms with Crippen molar-refractivity contribution in [2.75, 3.05) is 13.2 Å². The van der Waals surface area contributed by atoms with Crippen LogP contribution < -0.4 is 0 Å². The molecule has 0 saturated heterocycles. The second-order valence-corrected chi connectivity index (χ2v) is 2.37. The van der Waals surface area contributed by atoms with E-state index in [1.54, 1.807) is 0 Å². The van der Waals surface area contributed by atoms with E-state index in [1.807, 2.05) is 0 Å². The van der Waals surface area contributed by atoms with Gasteiger partial charge < -0.3 is 14.3 Å². The molecule has 0 aromatic heterocycles. The van der Waals surface area contributed by atoms with Crippen molar-refractivity contribution in [2.24, 2.45) is 0 Å². The summed E-state index contributed by atoms with van der Waals surface area (Å²) in [7, 11) is -2.75. The normalized spacial score (nSPS) is 9.00. The lowest BCUT2D eigenvalue weighted by molar-refractivity contribution is 0.206. The summed E-state index contributed by atoms with van der Waals surface area (Å²) in [5.74, 6) is 0. The molecule has 0 heterocycles. The minimum atomic E-state index is -2.75. The van der Waals surface area contributed by atoms with Gasteiger partial charge >= 0.3 is 9.17 Å². The van der Waals surface area contributed by atoms with E-state index in [4.69, 9.17) is 9.90 Å². The van der Waals surface area contributed by atoms with Crippen molar-refractivity contribution in [2.45, 2.75) is 12.8 Å². The van der Waals surface area contributed by atoms with E-state index in [0.29, 0.717) is 12.8 Å². The lowest BCUT2D eigenvalue weighted by atomic mass is 10.3. The van der Waals surface area contributed by atoms with E-state index in [-0.39, 0.29) is 13.2 Å². The van der Waals surface area contributed by atoms with Gasteiger partial charge in [-0.2, -0.15) is 0 Å². The Morgan fingerprint density at radius 1 is 1.44 bits per heavy atom. The van der Waals surface area contributed by atoms with Crippen molar-refractivity contribution in [3.05, 3.63) is 0 Å². The molecule has 5 heteroatoms. The van der Waals surface area contributed by atoms with Gasteiger partial charge in [-0.05, 0) is 12.8 Å². The third-order valence-electron chi connectivity index (χ3n) is 0.778. The minimum absolute atomic E-state index is 0.107. The molecule has 9 heavy (non-hydrogen) atoms. The van der Waals surface area contributed by atoms with E-state index >= 15 is 0 Å². The third kappa shape index (κ3) is 7.58. The zero-order valence-electron chi connectivity index (χ0n) is 5.04. The largest absolute Gasteiger partial charge is 0.764 e. The van der Waals surface area contributed by atoms with Gasteiger partial charge in [-0.15, -0.1) is 0 Å². The Hall–Kier alpha value is -0.423. The van der Waals surface area contributed by atoms with Crippen LogP contribution >= 0.6 is 0 Å². The van der Waals surface area contributed by atoms with Gasteiger partial charge in [-0.25, -0.2) is 0 Å². The molecule has 0 radical (unpaired) electrons. The fraction of sp³-hybridized carbons (Fsp3) is 1.00. The zero-order chi connectivity index (χ0) is 7.11. The Morgan fingerprint density at radius 2 is 2.11 bits per heavy atom. The van der Waals surface area contributed by atoms with Gasteiger partial charge in [0.15, 0.2) is 0 Å². The topological polar surface area (TPSA) is 66.8 Å². The summed E-state index contributed by atoms with van der Waals surface area (Å²) < 4.78 is 14.2. The molecule has 54 valence electrons. The molecule has 2 N–H and O–H groups in total. The fourth-order valence-electron chi connectivity index (χ4n) is 0.373. The standard InChI is InChI=1S/C4H10O4Si/c5-3-1-2-4-8-9(6)7/h5-6H,1-4H2. The van der Waals surface area contributed by atoms with Crippen LogP contribution in [0.4, 0.5) is 0 Å². The molecular weight excluding hydrogens is 140 g/mol. The molecule has 0 aliphatic heterocycles. The quantitative estimate of drug-likeness (QED) is 0.397. The first-order valence-electron chi connectivity index (χ1n) is 2.74. The molecular formula is C4H10O4Si. The number of hydrogen-bond donors (Lipinski definition) is 2. The van der Waals surface area contributed by atoms with E-state index in [9.17, 15) is 4.46 Å². The number of aliphatic hydroxyl groups is 1. The molecule has 0 fully saturated rings. The Labute approximate surface area is 55.0 Å². The maximum atomic E-state index is 9.86. The van der Waals surface area contributed by atoms with Crippen LogP contribution in [0.1, 0.15) is 12.8 Å². The van der Waals surface area contributed by atoms with Gasteiger partial charge in [0, 0.05) is 6.61 Å². The molecule has 0 amide bonds. The van der Waals surface area contributed by atoms with Gasteiger partial charge in [-0.3, -0.25) is 4.46 Å². The van der Waals surface area contributed by atoms with Crippen LogP contribution in [0.2, 0.25) is 0 Å². The van der Waals surface area contributed by atoms with Crippen LogP contribution in [-0.4, -0.2) is 32.3 Å². The summed E-state index contributed by atoms with van der Waals surface area (Å²) in [6.45, 7) is 0.366. The lowest BCUT2D eigenvalue weighted by Gasteiger charge is -1.96. The first-order valence-corrected chi connectivity index (χ1v) is 4.00. The molecule has 0 aliphatic carbocycles. The second-order valence-electron chi connectivity index (χ2n) is 1.55. The van der Waals surface area contributed by atoms with Crippen molar-refractivity contribution < 1.29 is 18.8 Å². The van der Waals surface area contributed by atoms with Crippen molar-refractivity contribution >= 4 is 9.17 Å². The number of rotatable bonds is 5. The average Bonchev–Trinajstić information content (AvgIpc) is 1.80. The minimum Gasteiger partial charge on any atom is -0.511 e. The molecule has 0 aliphatic rings. The Balaban J connectivity index is 2.83. The molecule has 0 aromatic rings. The van der Waals surface area contributed by atoms with Crippen LogP contribution in [0.5, 0.6) is 0 Å². The molecule has 0 atom stereocenters. The summed E-state index contributed by atoms with van der Waals surface area (Å²) in [4.78, 5) is 8.11. The SMILES string of the molecule is O=[Si](O)OCCCCO. The average molecular weight is 150 g/mol. The van der Waals surface area contributed by atoms with Gasteiger partial charge in [0.05, 0.1) is 6.61 Å². The summed E-state index contributed by atoms with van der Waals surface area (Å²) in [6, 6.07) is 0. The fourth-order valence-corrected chi connectivity index (χ4v) is 0.692. The molecule has 0 saturated carbocycles. The molecule has 4 nitrogen and oxygen atoms in total. The maximum absolute atomic E-state index is 9.86. The Morgan fingerprint density at radius 3 is 2.56 bits per heavy atom. The number of aliphatic hydroxyl groups excluding tert-OH is 1. The molecule has 0 unspecified atom stereocenters. The van der Waals surface area contributed by atoms with Crippen molar-refractivity contribution in [1.29, 1.82) is 0 Å². The Kier molecular flexibility index (Phi) is 5.44. The van der Waals surface area contributed by atoms with Gasteiger partial charge in [-0.1, -0.05) is 0 Å². The van der Waals surface area contributed by atoms with Crippen molar-refractivity contribution in [1.82, 2.24) is 0 Å².